The lowest BCUT2D eigenvalue weighted by Crippen LogP contribution is -2.32. The van der Waals surface area contributed by atoms with E-state index in [4.69, 9.17) is 23.2 Å². The molecular formula is C19H21Cl2N3O3S. The fourth-order valence-electron chi connectivity index (χ4n) is 3.11. The molecule has 9 heteroatoms. The second-order valence-corrected chi connectivity index (χ2v) is 9.26. The number of urea groups is 1. The highest BCUT2D eigenvalue weighted by molar-refractivity contribution is 7.92. The van der Waals surface area contributed by atoms with E-state index < -0.39 is 10.0 Å². The largest absolute Gasteiger partial charge is 0.324 e. The van der Waals surface area contributed by atoms with Gasteiger partial charge in [0.05, 0.1) is 16.3 Å². The van der Waals surface area contributed by atoms with Crippen molar-refractivity contribution in [3.8, 4) is 0 Å². The Kier molecular flexibility index (Phi) is 6.37. The van der Waals surface area contributed by atoms with Crippen LogP contribution in [-0.4, -0.2) is 45.2 Å². The molecule has 0 unspecified atom stereocenters. The first kappa shape index (κ1) is 20.8. The zero-order valence-electron chi connectivity index (χ0n) is 15.4. The number of aryl methyl sites for hydroxylation is 1. The highest BCUT2D eigenvalue weighted by Crippen LogP contribution is 2.29. The maximum Gasteiger partial charge on any atom is 0.324 e. The van der Waals surface area contributed by atoms with Crippen LogP contribution in [0.3, 0.4) is 0 Å². The van der Waals surface area contributed by atoms with E-state index in [1.54, 1.807) is 35.2 Å². The van der Waals surface area contributed by atoms with E-state index >= 15 is 0 Å². The van der Waals surface area contributed by atoms with Gasteiger partial charge in [-0.1, -0.05) is 35.3 Å². The first-order valence-corrected chi connectivity index (χ1v) is 11.5. The van der Waals surface area contributed by atoms with Crippen LogP contribution in [0.4, 0.5) is 16.2 Å². The summed E-state index contributed by atoms with van der Waals surface area (Å²) >= 11 is 12.0. The zero-order chi connectivity index (χ0) is 20.3. The molecule has 2 aromatic rings. The number of hydrogen-bond donors (Lipinski definition) is 1. The van der Waals surface area contributed by atoms with Gasteiger partial charge in [0.25, 0.3) is 0 Å². The summed E-state index contributed by atoms with van der Waals surface area (Å²) in [7, 11) is -3.27. The third-order valence-corrected chi connectivity index (χ3v) is 5.81. The molecule has 0 bridgehead atoms. The molecule has 1 fully saturated rings. The number of amides is 2. The molecule has 150 valence electrons. The van der Waals surface area contributed by atoms with E-state index in [-0.39, 0.29) is 6.03 Å². The molecule has 1 aliphatic heterocycles. The van der Waals surface area contributed by atoms with Crippen molar-refractivity contribution < 1.29 is 13.2 Å². The first-order chi connectivity index (χ1) is 13.2. The summed E-state index contributed by atoms with van der Waals surface area (Å²) < 4.78 is 24.9. The van der Waals surface area contributed by atoms with E-state index in [1.165, 1.54) is 0 Å². The standard InChI is InChI=1S/C19H21Cl2N3O3S/c1-28(26,27)22-15-6-4-14(5-7-15)3-2-10-23-11-12-24(19(23)25)16-8-9-17(20)18(21)13-16/h4-9,13,22H,2-3,10-12H2,1H3. The smallest absolute Gasteiger partial charge is 0.323 e. The maximum atomic E-state index is 12.6. The van der Waals surface area contributed by atoms with Crippen molar-refractivity contribution in [2.24, 2.45) is 0 Å². The van der Waals surface area contributed by atoms with Gasteiger partial charge in [0.15, 0.2) is 0 Å². The molecule has 0 saturated carbocycles. The molecule has 0 atom stereocenters. The number of nitrogens with zero attached hydrogens (tertiary/aromatic N) is 2. The minimum absolute atomic E-state index is 0.0360. The van der Waals surface area contributed by atoms with Crippen LogP contribution in [0.15, 0.2) is 42.5 Å². The molecule has 0 aromatic heterocycles. The van der Waals surface area contributed by atoms with E-state index in [2.05, 4.69) is 4.72 Å². The number of carbonyl (C=O) groups excluding carboxylic acids is 1. The molecule has 0 aliphatic carbocycles. The van der Waals surface area contributed by atoms with Crippen molar-refractivity contribution in [1.29, 1.82) is 0 Å². The topological polar surface area (TPSA) is 69.7 Å². The summed E-state index contributed by atoms with van der Waals surface area (Å²) in [6, 6.07) is 12.4. The molecule has 2 aromatic carbocycles. The number of anilines is 2. The Labute approximate surface area is 175 Å². The van der Waals surface area contributed by atoms with Crippen LogP contribution in [0.2, 0.25) is 10.0 Å². The average molecular weight is 442 g/mol. The molecule has 1 saturated heterocycles. The van der Waals surface area contributed by atoms with Gasteiger partial charge in [0, 0.05) is 31.0 Å². The number of sulfonamides is 1. The predicted octanol–water partition coefficient (Wildman–Crippen LogP) is 4.24. The predicted molar refractivity (Wildman–Crippen MR) is 114 cm³/mol. The van der Waals surface area contributed by atoms with Crippen LogP contribution in [0.5, 0.6) is 0 Å². The number of hydrogen-bond acceptors (Lipinski definition) is 3. The van der Waals surface area contributed by atoms with Gasteiger partial charge in [-0.05, 0) is 48.7 Å². The van der Waals surface area contributed by atoms with Gasteiger partial charge in [0.1, 0.15) is 0 Å². The van der Waals surface area contributed by atoms with E-state index in [1.807, 2.05) is 17.0 Å². The number of carbonyl (C=O) groups is 1. The molecule has 6 nitrogen and oxygen atoms in total. The van der Waals surface area contributed by atoms with E-state index in [9.17, 15) is 13.2 Å². The number of halogens is 2. The van der Waals surface area contributed by atoms with Crippen molar-refractivity contribution in [2.45, 2.75) is 12.8 Å². The molecule has 0 spiro atoms. The highest BCUT2D eigenvalue weighted by atomic mass is 35.5. The molecular weight excluding hydrogens is 421 g/mol. The summed E-state index contributed by atoms with van der Waals surface area (Å²) in [5.74, 6) is 0. The van der Waals surface area contributed by atoms with Crippen LogP contribution in [0, 0.1) is 0 Å². The van der Waals surface area contributed by atoms with Gasteiger partial charge in [-0.25, -0.2) is 13.2 Å². The summed E-state index contributed by atoms with van der Waals surface area (Å²) in [6.07, 6.45) is 2.74. The summed E-state index contributed by atoms with van der Waals surface area (Å²) in [6.45, 7) is 1.93. The van der Waals surface area contributed by atoms with Crippen LogP contribution >= 0.6 is 23.2 Å². The molecule has 1 heterocycles. The molecule has 1 N–H and O–H groups in total. The quantitative estimate of drug-likeness (QED) is 0.698. The Morgan fingerprint density at radius 1 is 1.04 bits per heavy atom. The minimum Gasteiger partial charge on any atom is -0.323 e. The number of nitrogens with one attached hydrogen (secondary N) is 1. The van der Waals surface area contributed by atoms with Gasteiger partial charge in [-0.2, -0.15) is 0 Å². The van der Waals surface area contributed by atoms with E-state index in [0.29, 0.717) is 35.4 Å². The van der Waals surface area contributed by atoms with Crippen LogP contribution in [0.1, 0.15) is 12.0 Å². The van der Waals surface area contributed by atoms with Crippen LogP contribution in [0.25, 0.3) is 0 Å². The first-order valence-electron chi connectivity index (χ1n) is 8.81. The second kappa shape index (κ2) is 8.59. The van der Waals surface area contributed by atoms with Crippen LogP contribution in [-0.2, 0) is 16.4 Å². The third kappa shape index (κ3) is 5.31. The average Bonchev–Trinajstić information content (AvgIpc) is 2.98. The van der Waals surface area contributed by atoms with Gasteiger partial charge >= 0.3 is 6.03 Å². The van der Waals surface area contributed by atoms with Crippen molar-refractivity contribution in [3.63, 3.8) is 0 Å². The van der Waals surface area contributed by atoms with Crippen molar-refractivity contribution in [3.05, 3.63) is 58.1 Å². The fraction of sp³-hybridized carbons (Fsp3) is 0.316. The van der Waals surface area contributed by atoms with Crippen molar-refractivity contribution in [1.82, 2.24) is 4.90 Å². The third-order valence-electron chi connectivity index (χ3n) is 4.46. The normalized spacial score (nSPS) is 14.6. The second-order valence-electron chi connectivity index (χ2n) is 6.69. The Hall–Kier alpha value is -1.96. The number of benzene rings is 2. The van der Waals surface area contributed by atoms with Crippen molar-refractivity contribution >= 4 is 50.6 Å². The molecule has 0 radical (unpaired) electrons. The van der Waals surface area contributed by atoms with Gasteiger partial charge in [-0.15, -0.1) is 0 Å². The SMILES string of the molecule is CS(=O)(=O)Nc1ccc(CCCN2CCN(c3ccc(Cl)c(Cl)c3)C2=O)cc1. The van der Waals surface area contributed by atoms with E-state index in [0.717, 1.165) is 30.3 Å². The van der Waals surface area contributed by atoms with Gasteiger partial charge < -0.3 is 4.90 Å². The summed E-state index contributed by atoms with van der Waals surface area (Å²) in [5.41, 5.74) is 2.38. The molecule has 1 aliphatic rings. The summed E-state index contributed by atoms with van der Waals surface area (Å²) in [4.78, 5) is 16.2. The lowest BCUT2D eigenvalue weighted by molar-refractivity contribution is 0.220. The molecule has 3 rings (SSSR count). The summed E-state index contributed by atoms with van der Waals surface area (Å²) in [5, 5.41) is 0.894. The number of rotatable bonds is 7. The van der Waals surface area contributed by atoms with Gasteiger partial charge in [0.2, 0.25) is 10.0 Å². The van der Waals surface area contributed by atoms with Crippen LogP contribution < -0.4 is 9.62 Å². The fourth-order valence-corrected chi connectivity index (χ4v) is 3.97. The molecule has 2 amide bonds. The Bertz CT molecular complexity index is 965. The monoisotopic (exact) mass is 441 g/mol. The van der Waals surface area contributed by atoms with Gasteiger partial charge in [-0.3, -0.25) is 9.62 Å². The molecule has 28 heavy (non-hydrogen) atoms. The lowest BCUT2D eigenvalue weighted by Gasteiger charge is -2.19. The minimum atomic E-state index is -3.27. The Morgan fingerprint density at radius 2 is 1.75 bits per heavy atom. The van der Waals surface area contributed by atoms with Crippen molar-refractivity contribution in [2.75, 3.05) is 35.5 Å². The Morgan fingerprint density at radius 3 is 2.39 bits per heavy atom. The highest BCUT2D eigenvalue weighted by Gasteiger charge is 2.29. The lowest BCUT2D eigenvalue weighted by atomic mass is 10.1. The zero-order valence-corrected chi connectivity index (χ0v) is 17.7. The Balaban J connectivity index is 1.51. The maximum absolute atomic E-state index is 12.6.